The minimum atomic E-state index is -0.176. The van der Waals surface area contributed by atoms with Crippen LogP contribution >= 0.6 is 0 Å². The Kier molecular flexibility index (Phi) is 3.64. The molecule has 2 nitrogen and oxygen atoms in total. The van der Waals surface area contributed by atoms with Crippen LogP contribution in [0.25, 0.3) is 6.08 Å². The first-order valence-corrected chi connectivity index (χ1v) is 6.80. The van der Waals surface area contributed by atoms with E-state index in [1.165, 1.54) is 0 Å². The highest BCUT2D eigenvalue weighted by Gasteiger charge is 2.33. The van der Waals surface area contributed by atoms with E-state index < -0.39 is 0 Å². The van der Waals surface area contributed by atoms with Gasteiger partial charge >= 0.3 is 5.97 Å². The molecule has 1 aliphatic rings. The van der Waals surface area contributed by atoms with Gasteiger partial charge in [0.1, 0.15) is 6.10 Å². The number of ether oxygens (including phenoxy) is 1. The average molecular weight is 264 g/mol. The van der Waals surface area contributed by atoms with Gasteiger partial charge in [0.05, 0.1) is 6.42 Å². The van der Waals surface area contributed by atoms with E-state index >= 15 is 0 Å². The Labute approximate surface area is 118 Å². The van der Waals surface area contributed by atoms with E-state index in [1.54, 1.807) is 0 Å². The lowest BCUT2D eigenvalue weighted by Crippen LogP contribution is -2.11. The fourth-order valence-electron chi connectivity index (χ4n) is 2.53. The van der Waals surface area contributed by atoms with E-state index in [4.69, 9.17) is 4.74 Å². The lowest BCUT2D eigenvalue weighted by atomic mass is 9.92. The van der Waals surface area contributed by atoms with Crippen LogP contribution in [0, 0.1) is 0 Å². The quantitative estimate of drug-likeness (QED) is 0.788. The summed E-state index contributed by atoms with van der Waals surface area (Å²) in [6.45, 7) is 0. The van der Waals surface area contributed by atoms with Crippen LogP contribution in [-0.2, 0) is 9.53 Å². The maximum Gasteiger partial charge on any atom is 0.307 e. The Morgan fingerprint density at radius 3 is 2.30 bits per heavy atom. The molecule has 2 heteroatoms. The van der Waals surface area contributed by atoms with Crippen LogP contribution in [0.15, 0.2) is 66.7 Å². The van der Waals surface area contributed by atoms with Crippen molar-refractivity contribution < 1.29 is 9.53 Å². The Balaban J connectivity index is 1.81. The summed E-state index contributed by atoms with van der Waals surface area (Å²) in [5, 5.41) is 0. The molecule has 1 aliphatic heterocycles. The van der Waals surface area contributed by atoms with Gasteiger partial charge in [-0.05, 0) is 17.2 Å². The van der Waals surface area contributed by atoms with Crippen LogP contribution in [0.5, 0.6) is 0 Å². The minimum Gasteiger partial charge on any atom is -0.457 e. The van der Waals surface area contributed by atoms with Gasteiger partial charge in [0.2, 0.25) is 0 Å². The van der Waals surface area contributed by atoms with E-state index in [0.717, 1.165) is 11.1 Å². The number of cyclic esters (lactones) is 1. The number of benzene rings is 2. The summed E-state index contributed by atoms with van der Waals surface area (Å²) in [4.78, 5) is 11.6. The van der Waals surface area contributed by atoms with Crippen molar-refractivity contribution in [3.05, 3.63) is 77.9 Å². The Morgan fingerprint density at radius 2 is 1.60 bits per heavy atom. The monoisotopic (exact) mass is 264 g/mol. The highest BCUT2D eigenvalue weighted by Crippen LogP contribution is 2.33. The molecular formula is C18H16O2. The molecule has 0 bridgehead atoms. The van der Waals surface area contributed by atoms with E-state index in [-0.39, 0.29) is 18.0 Å². The maximum atomic E-state index is 11.6. The summed E-state index contributed by atoms with van der Waals surface area (Å²) in [6.07, 6.45) is 4.27. The molecule has 3 rings (SSSR count). The normalized spacial score (nSPS) is 22.1. The molecule has 0 N–H and O–H groups in total. The van der Waals surface area contributed by atoms with Crippen LogP contribution < -0.4 is 0 Å². The lowest BCUT2D eigenvalue weighted by molar-refractivity contribution is -0.139. The van der Waals surface area contributed by atoms with Crippen molar-refractivity contribution in [2.75, 3.05) is 0 Å². The molecule has 1 fully saturated rings. The third-order valence-corrected chi connectivity index (χ3v) is 3.56. The standard InChI is InChI=1S/C18H16O2/c19-18-13-16(15-9-5-2-6-10-15)17(20-18)12-11-14-7-3-1-4-8-14/h1-12,16-17H,13H2/b12-11+/t16-,17+/m1/s1. The second-order valence-corrected chi connectivity index (χ2v) is 4.95. The predicted molar refractivity (Wildman–Crippen MR) is 79.2 cm³/mol. The molecule has 2 atom stereocenters. The molecule has 0 unspecified atom stereocenters. The first-order chi connectivity index (χ1) is 9.83. The van der Waals surface area contributed by atoms with E-state index in [9.17, 15) is 4.79 Å². The first kappa shape index (κ1) is 12.7. The van der Waals surface area contributed by atoms with Crippen molar-refractivity contribution in [2.45, 2.75) is 18.4 Å². The summed E-state index contributed by atoms with van der Waals surface area (Å²) in [7, 11) is 0. The van der Waals surface area contributed by atoms with Crippen LogP contribution in [-0.4, -0.2) is 12.1 Å². The highest BCUT2D eigenvalue weighted by atomic mass is 16.5. The third kappa shape index (κ3) is 2.80. The number of rotatable bonds is 3. The van der Waals surface area contributed by atoms with Crippen molar-refractivity contribution in [3.63, 3.8) is 0 Å². The van der Waals surface area contributed by atoms with Crippen molar-refractivity contribution in [2.24, 2.45) is 0 Å². The fourth-order valence-corrected chi connectivity index (χ4v) is 2.53. The summed E-state index contributed by atoms with van der Waals surface area (Å²) in [6, 6.07) is 20.1. The largest absolute Gasteiger partial charge is 0.457 e. The molecule has 20 heavy (non-hydrogen) atoms. The molecule has 2 aromatic rings. The van der Waals surface area contributed by atoms with Crippen LogP contribution in [0.2, 0.25) is 0 Å². The SMILES string of the molecule is O=C1C[C@H](c2ccccc2)[C@H](/C=C/c2ccccc2)O1. The molecular weight excluding hydrogens is 248 g/mol. The number of hydrogen-bond donors (Lipinski definition) is 0. The molecule has 0 spiro atoms. The molecule has 100 valence electrons. The molecule has 0 aliphatic carbocycles. The molecule has 0 radical (unpaired) electrons. The summed E-state index contributed by atoms with van der Waals surface area (Å²) >= 11 is 0. The first-order valence-electron chi connectivity index (χ1n) is 6.80. The second kappa shape index (κ2) is 5.74. The number of carbonyl (C=O) groups is 1. The smallest absolute Gasteiger partial charge is 0.307 e. The van der Waals surface area contributed by atoms with Gasteiger partial charge in [-0.3, -0.25) is 4.79 Å². The highest BCUT2D eigenvalue weighted by molar-refractivity contribution is 5.74. The summed E-state index contributed by atoms with van der Waals surface area (Å²) < 4.78 is 5.42. The predicted octanol–water partition coefficient (Wildman–Crippen LogP) is 3.80. The molecule has 0 saturated carbocycles. The maximum absolute atomic E-state index is 11.6. The van der Waals surface area contributed by atoms with Gasteiger partial charge in [0, 0.05) is 5.92 Å². The van der Waals surface area contributed by atoms with Crippen molar-refractivity contribution in [1.82, 2.24) is 0 Å². The van der Waals surface area contributed by atoms with Gasteiger partial charge in [-0.2, -0.15) is 0 Å². The zero-order valence-corrected chi connectivity index (χ0v) is 11.1. The van der Waals surface area contributed by atoms with Gasteiger partial charge in [0.25, 0.3) is 0 Å². The topological polar surface area (TPSA) is 26.3 Å². The van der Waals surface area contributed by atoms with E-state index in [0.29, 0.717) is 6.42 Å². The Hall–Kier alpha value is -2.35. The van der Waals surface area contributed by atoms with Crippen molar-refractivity contribution in [3.8, 4) is 0 Å². The fraction of sp³-hybridized carbons (Fsp3) is 0.167. The van der Waals surface area contributed by atoms with Gasteiger partial charge in [-0.1, -0.05) is 66.7 Å². The van der Waals surface area contributed by atoms with Gasteiger partial charge < -0.3 is 4.74 Å². The van der Waals surface area contributed by atoms with Crippen LogP contribution in [0.4, 0.5) is 0 Å². The number of esters is 1. The van der Waals surface area contributed by atoms with Gasteiger partial charge in [-0.15, -0.1) is 0 Å². The second-order valence-electron chi connectivity index (χ2n) is 4.95. The molecule has 2 aromatic carbocycles. The molecule has 0 amide bonds. The molecule has 1 heterocycles. The van der Waals surface area contributed by atoms with E-state index in [2.05, 4.69) is 12.1 Å². The van der Waals surface area contributed by atoms with Crippen LogP contribution in [0.1, 0.15) is 23.5 Å². The third-order valence-electron chi connectivity index (χ3n) is 3.56. The average Bonchev–Trinajstić information content (AvgIpc) is 2.88. The van der Waals surface area contributed by atoms with Gasteiger partial charge in [-0.25, -0.2) is 0 Å². The lowest BCUT2D eigenvalue weighted by Gasteiger charge is -2.14. The Morgan fingerprint density at radius 1 is 0.950 bits per heavy atom. The molecule has 0 aromatic heterocycles. The van der Waals surface area contributed by atoms with Crippen molar-refractivity contribution in [1.29, 1.82) is 0 Å². The zero-order chi connectivity index (χ0) is 13.8. The summed E-state index contributed by atoms with van der Waals surface area (Å²) in [5.41, 5.74) is 2.27. The number of hydrogen-bond acceptors (Lipinski definition) is 2. The Bertz CT molecular complexity index is 602. The molecule has 1 saturated heterocycles. The zero-order valence-electron chi connectivity index (χ0n) is 11.1. The van der Waals surface area contributed by atoms with Gasteiger partial charge in [0.15, 0.2) is 0 Å². The van der Waals surface area contributed by atoms with E-state index in [1.807, 2.05) is 60.7 Å². The number of carbonyl (C=O) groups excluding carboxylic acids is 1. The van der Waals surface area contributed by atoms with Crippen molar-refractivity contribution >= 4 is 12.0 Å². The van der Waals surface area contributed by atoms with Crippen LogP contribution in [0.3, 0.4) is 0 Å². The summed E-state index contributed by atoms with van der Waals surface area (Å²) in [5.74, 6) is -0.00905. The minimum absolute atomic E-state index is 0.115.